The Morgan fingerprint density at radius 3 is 2.44 bits per heavy atom. The van der Waals surface area contributed by atoms with Crippen LogP contribution in [0, 0.1) is 11.3 Å². The fourth-order valence-corrected chi connectivity index (χ4v) is 2.20. The molecule has 0 aliphatic heterocycles. The molecule has 7 heteroatoms. The van der Waals surface area contributed by atoms with Gasteiger partial charge in [-0.15, -0.1) is 0 Å². The van der Waals surface area contributed by atoms with Crippen molar-refractivity contribution in [3.63, 3.8) is 0 Å². The number of halogens is 1. The molecule has 0 saturated carbocycles. The van der Waals surface area contributed by atoms with Gasteiger partial charge in [0, 0.05) is 11.2 Å². The first-order valence-electron chi connectivity index (χ1n) is 4.09. The van der Waals surface area contributed by atoms with Gasteiger partial charge in [-0.2, -0.15) is 5.26 Å². The van der Waals surface area contributed by atoms with Gasteiger partial charge in [0.05, 0.1) is 4.90 Å². The van der Waals surface area contributed by atoms with Gasteiger partial charge in [0.25, 0.3) is 0 Å². The summed E-state index contributed by atoms with van der Waals surface area (Å²) in [6.45, 7) is 0. The maximum absolute atomic E-state index is 11.8. The van der Waals surface area contributed by atoms with Crippen molar-refractivity contribution >= 4 is 21.4 Å². The van der Waals surface area contributed by atoms with E-state index in [9.17, 15) is 8.42 Å². The summed E-state index contributed by atoms with van der Waals surface area (Å²) in [5.74, 6) is 4.94. The first kappa shape index (κ1) is 12.5. The van der Waals surface area contributed by atoms with E-state index in [-0.39, 0.29) is 4.90 Å². The third kappa shape index (κ3) is 2.52. The van der Waals surface area contributed by atoms with Gasteiger partial charge >= 0.3 is 0 Å². The Morgan fingerprint density at radius 2 is 2.00 bits per heavy atom. The summed E-state index contributed by atoms with van der Waals surface area (Å²) < 4.78 is 23.7. The number of hydrogen-bond acceptors (Lipinski definition) is 5. The van der Waals surface area contributed by atoms with E-state index in [1.807, 2.05) is 5.43 Å². The van der Waals surface area contributed by atoms with Gasteiger partial charge in [0.1, 0.15) is 6.07 Å². The van der Waals surface area contributed by atoms with Crippen molar-refractivity contribution in [1.82, 2.24) is 5.43 Å². The first-order valence-corrected chi connectivity index (χ1v) is 5.95. The van der Waals surface area contributed by atoms with E-state index in [1.165, 1.54) is 24.3 Å². The van der Waals surface area contributed by atoms with Gasteiger partial charge in [-0.05, 0) is 24.3 Å². The summed E-state index contributed by atoms with van der Waals surface area (Å²) in [6.07, 6.45) is 0.921. The van der Waals surface area contributed by atoms with E-state index in [1.54, 1.807) is 6.07 Å². The predicted octanol–water partition coefficient (Wildman–Crippen LogP) is 0.942. The number of hydrogen-bond donors (Lipinski definition) is 2. The van der Waals surface area contributed by atoms with Crippen molar-refractivity contribution in [2.45, 2.75) is 4.90 Å². The van der Waals surface area contributed by atoms with Crippen LogP contribution in [0.1, 0.15) is 0 Å². The van der Waals surface area contributed by atoms with Crippen LogP contribution in [0.15, 0.2) is 40.3 Å². The molecular weight excluding hydrogens is 250 g/mol. The van der Waals surface area contributed by atoms with E-state index >= 15 is 0 Å². The molecule has 1 aromatic rings. The van der Waals surface area contributed by atoms with Gasteiger partial charge in [-0.1, -0.05) is 11.6 Å². The Bertz CT molecular complexity index is 543. The SMILES string of the molecule is N#CC(=CNN)S(=O)(=O)c1ccc(Cl)cc1. The predicted molar refractivity (Wildman–Crippen MR) is 59.7 cm³/mol. The standard InChI is InChI=1S/C9H8ClN3O2S/c10-7-1-3-8(4-2-7)16(14,15)9(5-11)6-13-12/h1-4,6,13H,12H2. The van der Waals surface area contributed by atoms with E-state index in [0.29, 0.717) is 5.02 Å². The Labute approximate surface area is 98.0 Å². The molecule has 0 spiro atoms. The van der Waals surface area contributed by atoms with Crippen LogP contribution in [0.2, 0.25) is 5.02 Å². The molecule has 1 aromatic carbocycles. The first-order chi connectivity index (χ1) is 7.52. The highest BCUT2D eigenvalue weighted by Crippen LogP contribution is 2.20. The van der Waals surface area contributed by atoms with Crippen LogP contribution in [0.3, 0.4) is 0 Å². The normalized spacial score (nSPS) is 11.9. The summed E-state index contributed by atoms with van der Waals surface area (Å²) in [7, 11) is -3.83. The lowest BCUT2D eigenvalue weighted by molar-refractivity contribution is 0.603. The number of nitrogens with zero attached hydrogens (tertiary/aromatic N) is 1. The fraction of sp³-hybridized carbons (Fsp3) is 0. The molecule has 0 heterocycles. The molecule has 3 N–H and O–H groups in total. The Hall–Kier alpha value is -1.55. The molecule has 0 amide bonds. The molecule has 0 unspecified atom stereocenters. The van der Waals surface area contributed by atoms with Gasteiger partial charge in [-0.25, -0.2) is 8.42 Å². The second-order valence-electron chi connectivity index (χ2n) is 2.74. The molecule has 0 aromatic heterocycles. The second kappa shape index (κ2) is 4.99. The molecule has 0 fully saturated rings. The van der Waals surface area contributed by atoms with Crippen molar-refractivity contribution in [2.24, 2.45) is 5.84 Å². The van der Waals surface area contributed by atoms with Gasteiger partial charge in [-0.3, -0.25) is 5.84 Å². The molecule has 1 rings (SSSR count). The molecule has 0 saturated heterocycles. The van der Waals surface area contributed by atoms with Gasteiger partial charge in [0.2, 0.25) is 9.84 Å². The minimum atomic E-state index is -3.83. The molecule has 0 atom stereocenters. The van der Waals surface area contributed by atoms with E-state index in [2.05, 4.69) is 0 Å². The lowest BCUT2D eigenvalue weighted by Crippen LogP contribution is -2.16. The molecule has 0 radical (unpaired) electrons. The van der Waals surface area contributed by atoms with Crippen molar-refractivity contribution < 1.29 is 8.42 Å². The van der Waals surface area contributed by atoms with Gasteiger partial charge < -0.3 is 5.43 Å². The van der Waals surface area contributed by atoms with Crippen LogP contribution < -0.4 is 11.3 Å². The average molecular weight is 258 g/mol. The average Bonchev–Trinajstić information content (AvgIpc) is 2.26. The van der Waals surface area contributed by atoms with Crippen molar-refractivity contribution in [3.05, 3.63) is 40.4 Å². The van der Waals surface area contributed by atoms with Crippen LogP contribution in [0.5, 0.6) is 0 Å². The quantitative estimate of drug-likeness (QED) is 0.477. The minimum absolute atomic E-state index is 0.0139. The van der Waals surface area contributed by atoms with Crippen molar-refractivity contribution in [1.29, 1.82) is 5.26 Å². The van der Waals surface area contributed by atoms with E-state index in [4.69, 9.17) is 22.7 Å². The summed E-state index contributed by atoms with van der Waals surface area (Å²) in [5.41, 5.74) is 2.02. The molecule has 84 valence electrons. The van der Waals surface area contributed by atoms with E-state index in [0.717, 1.165) is 6.20 Å². The monoisotopic (exact) mass is 257 g/mol. The largest absolute Gasteiger partial charge is 0.329 e. The maximum Gasteiger partial charge on any atom is 0.218 e. The zero-order valence-electron chi connectivity index (χ0n) is 8.01. The lowest BCUT2D eigenvalue weighted by Gasteiger charge is -2.02. The van der Waals surface area contributed by atoms with Crippen molar-refractivity contribution in [3.8, 4) is 6.07 Å². The highest BCUT2D eigenvalue weighted by Gasteiger charge is 2.20. The van der Waals surface area contributed by atoms with Crippen molar-refractivity contribution in [2.75, 3.05) is 0 Å². The third-order valence-corrected chi connectivity index (χ3v) is 3.67. The summed E-state index contributed by atoms with van der Waals surface area (Å²) in [5, 5.41) is 9.10. The van der Waals surface area contributed by atoms with Crippen LogP contribution in [-0.2, 0) is 9.84 Å². The lowest BCUT2D eigenvalue weighted by atomic mass is 10.4. The Morgan fingerprint density at radius 1 is 1.44 bits per heavy atom. The molecular formula is C9H8ClN3O2S. The van der Waals surface area contributed by atoms with Gasteiger partial charge in [0.15, 0.2) is 4.91 Å². The van der Waals surface area contributed by atoms with Crippen LogP contribution in [0.25, 0.3) is 0 Å². The fourth-order valence-electron chi connectivity index (χ4n) is 0.986. The minimum Gasteiger partial charge on any atom is -0.329 e. The maximum atomic E-state index is 11.8. The number of benzene rings is 1. The number of nitrogens with two attached hydrogens (primary N) is 1. The number of allylic oxidation sites excluding steroid dienone is 1. The smallest absolute Gasteiger partial charge is 0.218 e. The summed E-state index contributed by atoms with van der Waals surface area (Å²) in [4.78, 5) is -0.475. The molecule has 0 aliphatic carbocycles. The van der Waals surface area contributed by atoms with Crippen LogP contribution >= 0.6 is 11.6 Å². The molecule has 0 bridgehead atoms. The molecule has 0 aliphatic rings. The highest BCUT2D eigenvalue weighted by molar-refractivity contribution is 7.95. The Kier molecular flexibility index (Phi) is 3.90. The number of nitriles is 1. The Balaban J connectivity index is 3.27. The topological polar surface area (TPSA) is 96.0 Å². The number of rotatable bonds is 3. The molecule has 16 heavy (non-hydrogen) atoms. The summed E-state index contributed by atoms with van der Waals surface area (Å²) in [6, 6.07) is 7.05. The zero-order chi connectivity index (χ0) is 12.2. The highest BCUT2D eigenvalue weighted by atomic mass is 35.5. The number of hydrazine groups is 1. The number of nitrogens with one attached hydrogen (secondary N) is 1. The third-order valence-electron chi connectivity index (χ3n) is 1.74. The molecule has 5 nitrogen and oxygen atoms in total. The summed E-state index contributed by atoms with van der Waals surface area (Å²) >= 11 is 5.63. The van der Waals surface area contributed by atoms with Crippen LogP contribution in [-0.4, -0.2) is 8.42 Å². The zero-order valence-corrected chi connectivity index (χ0v) is 9.59. The second-order valence-corrected chi connectivity index (χ2v) is 5.10. The van der Waals surface area contributed by atoms with Crippen LogP contribution in [0.4, 0.5) is 0 Å². The number of sulfone groups is 1. The van der Waals surface area contributed by atoms with E-state index < -0.39 is 14.7 Å².